The monoisotopic (exact) mass is 279 g/mol. The molecule has 0 aromatic carbocycles. The molecule has 3 unspecified atom stereocenters. The molecule has 3 rings (SSSR count). The van der Waals surface area contributed by atoms with Gasteiger partial charge in [-0.25, -0.2) is 0 Å². The molecule has 20 heavy (non-hydrogen) atoms. The zero-order valence-electron chi connectivity index (χ0n) is 13.2. The van der Waals surface area contributed by atoms with Crippen LogP contribution in [0.15, 0.2) is 0 Å². The van der Waals surface area contributed by atoms with Crippen LogP contribution in [0.4, 0.5) is 0 Å². The number of nitrogens with one attached hydrogen (secondary N) is 1. The SMILES string of the molecule is CC1CC(C(=O)N[C@@H]2C[C@H]2C2CCCO2)CC(C)(C)C1. The molecule has 0 aromatic heterocycles. The molecule has 2 aliphatic carbocycles. The quantitative estimate of drug-likeness (QED) is 0.862. The van der Waals surface area contributed by atoms with Gasteiger partial charge in [0, 0.05) is 24.5 Å². The average Bonchev–Trinajstić information content (AvgIpc) is 2.88. The van der Waals surface area contributed by atoms with E-state index in [1.54, 1.807) is 0 Å². The zero-order chi connectivity index (χ0) is 14.3. The molecule has 1 heterocycles. The second-order valence-electron chi connectivity index (χ2n) is 8.18. The number of hydrogen-bond donors (Lipinski definition) is 1. The van der Waals surface area contributed by atoms with Crippen LogP contribution in [0, 0.1) is 23.2 Å². The number of carbonyl (C=O) groups is 1. The topological polar surface area (TPSA) is 38.3 Å². The molecule has 1 saturated heterocycles. The molecule has 0 aromatic rings. The molecule has 3 nitrogen and oxygen atoms in total. The Morgan fingerprint density at radius 2 is 2.05 bits per heavy atom. The van der Waals surface area contributed by atoms with Crippen LogP contribution in [-0.4, -0.2) is 24.7 Å². The number of amides is 1. The van der Waals surface area contributed by atoms with Gasteiger partial charge in [-0.2, -0.15) is 0 Å². The van der Waals surface area contributed by atoms with Gasteiger partial charge in [-0.1, -0.05) is 20.8 Å². The largest absolute Gasteiger partial charge is 0.378 e. The van der Waals surface area contributed by atoms with E-state index < -0.39 is 0 Å². The van der Waals surface area contributed by atoms with Crippen LogP contribution in [0.3, 0.4) is 0 Å². The van der Waals surface area contributed by atoms with E-state index in [2.05, 4.69) is 26.1 Å². The van der Waals surface area contributed by atoms with Gasteiger partial charge in [0.2, 0.25) is 5.91 Å². The first kappa shape index (κ1) is 14.4. The Kier molecular flexibility index (Phi) is 3.83. The van der Waals surface area contributed by atoms with Crippen LogP contribution in [0.1, 0.15) is 59.3 Å². The highest BCUT2D eigenvalue weighted by molar-refractivity contribution is 5.79. The van der Waals surface area contributed by atoms with E-state index in [1.165, 1.54) is 19.3 Å². The van der Waals surface area contributed by atoms with Crippen LogP contribution in [0.5, 0.6) is 0 Å². The lowest BCUT2D eigenvalue weighted by atomic mass is 9.68. The minimum atomic E-state index is 0.222. The molecule has 0 radical (unpaired) electrons. The summed E-state index contributed by atoms with van der Waals surface area (Å²) in [5.41, 5.74) is 0.317. The molecule has 114 valence electrons. The van der Waals surface area contributed by atoms with E-state index >= 15 is 0 Å². The zero-order valence-corrected chi connectivity index (χ0v) is 13.2. The summed E-state index contributed by atoms with van der Waals surface area (Å²) in [7, 11) is 0. The Morgan fingerprint density at radius 1 is 1.25 bits per heavy atom. The maximum atomic E-state index is 12.5. The summed E-state index contributed by atoms with van der Waals surface area (Å²) >= 11 is 0. The van der Waals surface area contributed by atoms with Gasteiger partial charge in [-0.3, -0.25) is 4.79 Å². The predicted molar refractivity (Wildman–Crippen MR) is 79.3 cm³/mol. The van der Waals surface area contributed by atoms with E-state index in [0.29, 0.717) is 35.3 Å². The van der Waals surface area contributed by atoms with Crippen molar-refractivity contribution in [2.24, 2.45) is 23.2 Å². The van der Waals surface area contributed by atoms with Crippen LogP contribution in [0.2, 0.25) is 0 Å². The highest BCUT2D eigenvalue weighted by Gasteiger charge is 2.46. The molecule has 3 fully saturated rings. The number of rotatable bonds is 3. The smallest absolute Gasteiger partial charge is 0.223 e. The summed E-state index contributed by atoms with van der Waals surface area (Å²) in [6.07, 6.45) is 7.27. The maximum absolute atomic E-state index is 12.5. The van der Waals surface area contributed by atoms with Gasteiger partial charge in [-0.15, -0.1) is 0 Å². The summed E-state index contributed by atoms with van der Waals surface area (Å²) in [5.74, 6) is 1.78. The van der Waals surface area contributed by atoms with E-state index in [0.717, 1.165) is 25.9 Å². The lowest BCUT2D eigenvalue weighted by Gasteiger charge is -2.38. The highest BCUT2D eigenvalue weighted by atomic mass is 16.5. The van der Waals surface area contributed by atoms with Gasteiger partial charge in [0.15, 0.2) is 0 Å². The van der Waals surface area contributed by atoms with Crippen molar-refractivity contribution < 1.29 is 9.53 Å². The average molecular weight is 279 g/mol. The molecule has 2 saturated carbocycles. The number of carbonyl (C=O) groups excluding carboxylic acids is 1. The van der Waals surface area contributed by atoms with Gasteiger partial charge in [-0.05, 0) is 49.9 Å². The highest BCUT2D eigenvalue weighted by Crippen LogP contribution is 2.43. The Labute approximate surface area is 122 Å². The van der Waals surface area contributed by atoms with Gasteiger partial charge < -0.3 is 10.1 Å². The predicted octanol–water partition coefficient (Wildman–Crippen LogP) is 3.13. The molecule has 1 aliphatic heterocycles. The first-order valence-corrected chi connectivity index (χ1v) is 8.36. The standard InChI is InChI=1S/C17H29NO2/c1-11-7-12(10-17(2,3)9-11)16(19)18-14-8-13(14)15-5-4-6-20-15/h11-15H,4-10H2,1-3H3,(H,18,19)/t11?,12?,13-,14-,15?/m1/s1. The second-order valence-corrected chi connectivity index (χ2v) is 8.18. The summed E-state index contributed by atoms with van der Waals surface area (Å²) in [4.78, 5) is 12.5. The maximum Gasteiger partial charge on any atom is 0.223 e. The van der Waals surface area contributed by atoms with Crippen LogP contribution < -0.4 is 5.32 Å². The molecule has 1 amide bonds. The van der Waals surface area contributed by atoms with Crippen molar-refractivity contribution in [1.82, 2.24) is 5.32 Å². The van der Waals surface area contributed by atoms with Gasteiger partial charge in [0.05, 0.1) is 6.10 Å². The summed E-state index contributed by atoms with van der Waals surface area (Å²) in [6.45, 7) is 7.80. The van der Waals surface area contributed by atoms with Crippen molar-refractivity contribution in [3.8, 4) is 0 Å². The van der Waals surface area contributed by atoms with Crippen LogP contribution in [0.25, 0.3) is 0 Å². The summed E-state index contributed by atoms with van der Waals surface area (Å²) in [6, 6.07) is 0.394. The fourth-order valence-electron chi connectivity index (χ4n) is 4.58. The lowest BCUT2D eigenvalue weighted by Crippen LogP contribution is -2.40. The van der Waals surface area contributed by atoms with E-state index in [-0.39, 0.29) is 5.92 Å². The molecule has 3 heteroatoms. The van der Waals surface area contributed by atoms with E-state index in [9.17, 15) is 4.79 Å². The van der Waals surface area contributed by atoms with Crippen molar-refractivity contribution in [3.63, 3.8) is 0 Å². The fourth-order valence-corrected chi connectivity index (χ4v) is 4.58. The van der Waals surface area contributed by atoms with Crippen molar-refractivity contribution in [3.05, 3.63) is 0 Å². The molecular weight excluding hydrogens is 250 g/mol. The Bertz CT molecular complexity index is 373. The van der Waals surface area contributed by atoms with Crippen molar-refractivity contribution in [2.75, 3.05) is 6.61 Å². The van der Waals surface area contributed by atoms with Gasteiger partial charge >= 0.3 is 0 Å². The van der Waals surface area contributed by atoms with Crippen LogP contribution >= 0.6 is 0 Å². The third-order valence-electron chi connectivity index (χ3n) is 5.37. The van der Waals surface area contributed by atoms with Gasteiger partial charge in [0.1, 0.15) is 0 Å². The minimum absolute atomic E-state index is 0.222. The Balaban J connectivity index is 1.50. The number of ether oxygens (including phenoxy) is 1. The summed E-state index contributed by atoms with van der Waals surface area (Å²) in [5, 5.41) is 3.29. The Morgan fingerprint density at radius 3 is 2.70 bits per heavy atom. The number of hydrogen-bond acceptors (Lipinski definition) is 2. The normalized spacial score (nSPS) is 43.2. The minimum Gasteiger partial charge on any atom is -0.378 e. The molecule has 1 N–H and O–H groups in total. The van der Waals surface area contributed by atoms with E-state index in [1.807, 2.05) is 0 Å². The third kappa shape index (κ3) is 3.19. The molecule has 3 aliphatic rings. The Hall–Kier alpha value is -0.570. The van der Waals surface area contributed by atoms with Crippen molar-refractivity contribution in [1.29, 1.82) is 0 Å². The van der Waals surface area contributed by atoms with Crippen LogP contribution in [-0.2, 0) is 9.53 Å². The van der Waals surface area contributed by atoms with E-state index in [4.69, 9.17) is 4.74 Å². The first-order chi connectivity index (χ1) is 9.44. The van der Waals surface area contributed by atoms with Crippen molar-refractivity contribution >= 4 is 5.91 Å². The van der Waals surface area contributed by atoms with Gasteiger partial charge in [0.25, 0.3) is 0 Å². The molecule has 0 bridgehead atoms. The molecule has 5 atom stereocenters. The first-order valence-electron chi connectivity index (χ1n) is 8.36. The molecule has 0 spiro atoms. The fraction of sp³-hybridized carbons (Fsp3) is 0.941. The second kappa shape index (κ2) is 5.32. The third-order valence-corrected chi connectivity index (χ3v) is 5.37. The molecular formula is C17H29NO2. The van der Waals surface area contributed by atoms with Crippen molar-refractivity contribution in [2.45, 2.75) is 71.4 Å². The lowest BCUT2D eigenvalue weighted by molar-refractivity contribution is -0.128. The summed E-state index contributed by atoms with van der Waals surface area (Å²) < 4.78 is 5.73.